The van der Waals surface area contributed by atoms with E-state index in [1.54, 1.807) is 7.11 Å². The summed E-state index contributed by atoms with van der Waals surface area (Å²) in [5, 5.41) is 2.13. The number of thioether (sulfide) groups is 1. The zero-order valence-corrected chi connectivity index (χ0v) is 18.0. The van der Waals surface area contributed by atoms with Crippen LogP contribution >= 0.6 is 23.4 Å². The summed E-state index contributed by atoms with van der Waals surface area (Å²) < 4.78 is 11.5. The molecule has 1 saturated heterocycles. The monoisotopic (exact) mass is 417 g/mol. The van der Waals surface area contributed by atoms with Crippen LogP contribution in [-0.2, 0) is 0 Å². The van der Waals surface area contributed by atoms with Crippen molar-refractivity contribution in [2.45, 2.75) is 44.2 Å². The SMILES string of the molecule is COc1cc([C@@H]2[C@@H](c3ccccn3)N=C3S[C@@H](C)CN32)cc(Cl)c1OC(C)C. The molecular formula is C21H24ClN3O2S. The predicted octanol–water partition coefficient (Wildman–Crippen LogP) is 5.12. The maximum Gasteiger partial charge on any atom is 0.180 e. The van der Waals surface area contributed by atoms with E-state index >= 15 is 0 Å². The fourth-order valence-corrected chi connectivity index (χ4v) is 5.10. The van der Waals surface area contributed by atoms with Crippen LogP contribution < -0.4 is 9.47 Å². The normalized spacial score (nSPS) is 23.7. The van der Waals surface area contributed by atoms with Gasteiger partial charge < -0.3 is 14.4 Å². The largest absolute Gasteiger partial charge is 0.493 e. The minimum absolute atomic E-state index is 0.00997. The predicted molar refractivity (Wildman–Crippen MR) is 115 cm³/mol. The van der Waals surface area contributed by atoms with Gasteiger partial charge >= 0.3 is 0 Å². The van der Waals surface area contributed by atoms with Crippen LogP contribution in [-0.4, -0.2) is 40.1 Å². The minimum atomic E-state index is -0.0751. The van der Waals surface area contributed by atoms with Gasteiger partial charge in [-0.1, -0.05) is 36.4 Å². The first kappa shape index (κ1) is 19.4. The standard InChI is InChI=1S/C21H24ClN3O2S/c1-12(2)27-20-15(22)9-14(10-17(20)26-4)19-18(16-7-5-6-8-23-16)24-21-25(19)11-13(3)28-21/h5-10,12-13,18-19H,11H2,1-4H3/t13-,18+,19+/m0/s1. The molecule has 0 bridgehead atoms. The van der Waals surface area contributed by atoms with Gasteiger partial charge in [0.25, 0.3) is 0 Å². The topological polar surface area (TPSA) is 47.0 Å². The number of hydrogen-bond acceptors (Lipinski definition) is 6. The van der Waals surface area contributed by atoms with E-state index in [9.17, 15) is 0 Å². The average Bonchev–Trinajstić information content (AvgIpc) is 3.19. The van der Waals surface area contributed by atoms with Crippen LogP contribution in [0.2, 0.25) is 5.02 Å². The summed E-state index contributed by atoms with van der Waals surface area (Å²) in [7, 11) is 1.64. The van der Waals surface area contributed by atoms with Crippen LogP contribution in [0.1, 0.15) is 44.1 Å². The molecule has 0 spiro atoms. The van der Waals surface area contributed by atoms with Crippen molar-refractivity contribution in [1.29, 1.82) is 0 Å². The number of aromatic nitrogens is 1. The minimum Gasteiger partial charge on any atom is -0.493 e. The smallest absolute Gasteiger partial charge is 0.180 e. The van der Waals surface area contributed by atoms with Gasteiger partial charge in [0.2, 0.25) is 0 Å². The maximum absolute atomic E-state index is 6.62. The third-order valence-electron chi connectivity index (χ3n) is 4.83. The lowest BCUT2D eigenvalue weighted by molar-refractivity contribution is 0.229. The van der Waals surface area contributed by atoms with Crippen LogP contribution in [0.3, 0.4) is 0 Å². The second-order valence-corrected chi connectivity index (χ2v) is 9.15. The first-order valence-electron chi connectivity index (χ1n) is 9.44. The van der Waals surface area contributed by atoms with Crippen molar-refractivity contribution in [2.24, 2.45) is 4.99 Å². The Morgan fingerprint density at radius 3 is 2.79 bits per heavy atom. The molecule has 1 aromatic heterocycles. The molecule has 2 aliphatic rings. The van der Waals surface area contributed by atoms with Crippen LogP contribution in [0, 0.1) is 0 Å². The summed E-state index contributed by atoms with van der Waals surface area (Å²) in [5.74, 6) is 1.23. The molecule has 0 unspecified atom stereocenters. The summed E-state index contributed by atoms with van der Waals surface area (Å²) in [6.45, 7) is 7.12. The van der Waals surface area contributed by atoms with Gasteiger partial charge in [-0.3, -0.25) is 9.98 Å². The van der Waals surface area contributed by atoms with E-state index < -0.39 is 0 Å². The number of benzene rings is 1. The quantitative estimate of drug-likeness (QED) is 0.675. The molecule has 4 rings (SSSR count). The number of pyridine rings is 1. The molecule has 0 radical (unpaired) electrons. The van der Waals surface area contributed by atoms with E-state index in [1.807, 2.05) is 62.1 Å². The Morgan fingerprint density at radius 1 is 1.29 bits per heavy atom. The molecule has 2 aromatic rings. The van der Waals surface area contributed by atoms with E-state index in [2.05, 4.69) is 16.8 Å². The molecule has 148 valence electrons. The number of ether oxygens (including phenoxy) is 2. The molecule has 5 nitrogen and oxygen atoms in total. The van der Waals surface area contributed by atoms with Gasteiger partial charge in [-0.15, -0.1) is 0 Å². The molecule has 0 saturated carbocycles. The second-order valence-electron chi connectivity index (χ2n) is 7.34. The molecule has 0 amide bonds. The van der Waals surface area contributed by atoms with E-state index in [0.717, 1.165) is 23.0 Å². The van der Waals surface area contributed by atoms with Gasteiger partial charge in [0, 0.05) is 18.0 Å². The van der Waals surface area contributed by atoms with Crippen LogP contribution in [0.25, 0.3) is 0 Å². The Labute approximate surface area is 175 Å². The highest BCUT2D eigenvalue weighted by molar-refractivity contribution is 8.14. The third-order valence-corrected chi connectivity index (χ3v) is 6.21. The highest BCUT2D eigenvalue weighted by atomic mass is 35.5. The van der Waals surface area contributed by atoms with Gasteiger partial charge in [-0.05, 0) is 43.7 Å². The number of methoxy groups -OCH3 is 1. The highest BCUT2D eigenvalue weighted by Crippen LogP contribution is 2.50. The molecule has 2 aliphatic heterocycles. The number of hydrogen-bond donors (Lipinski definition) is 0. The lowest BCUT2D eigenvalue weighted by Gasteiger charge is -2.28. The van der Waals surface area contributed by atoms with Crippen molar-refractivity contribution in [1.82, 2.24) is 9.88 Å². The fraction of sp³-hybridized carbons (Fsp3) is 0.429. The molecular weight excluding hydrogens is 394 g/mol. The van der Waals surface area contributed by atoms with Crippen molar-refractivity contribution in [3.63, 3.8) is 0 Å². The number of fused-ring (bicyclic) bond motifs is 1. The van der Waals surface area contributed by atoms with Crippen LogP contribution in [0.4, 0.5) is 0 Å². The van der Waals surface area contributed by atoms with E-state index in [4.69, 9.17) is 26.1 Å². The van der Waals surface area contributed by atoms with Crippen LogP contribution in [0.5, 0.6) is 11.5 Å². The zero-order chi connectivity index (χ0) is 19.8. The molecule has 3 heterocycles. The fourth-order valence-electron chi connectivity index (χ4n) is 3.74. The van der Waals surface area contributed by atoms with Gasteiger partial charge in [-0.2, -0.15) is 0 Å². The van der Waals surface area contributed by atoms with E-state index in [1.165, 1.54) is 0 Å². The Kier molecular flexibility index (Phi) is 5.43. The summed E-state index contributed by atoms with van der Waals surface area (Å²) in [6.07, 6.45) is 1.83. The first-order valence-corrected chi connectivity index (χ1v) is 10.7. The Bertz CT molecular complexity index is 891. The van der Waals surface area contributed by atoms with Crippen molar-refractivity contribution >= 4 is 28.5 Å². The number of amidine groups is 1. The molecule has 1 fully saturated rings. The van der Waals surface area contributed by atoms with Crippen molar-refractivity contribution in [3.8, 4) is 11.5 Å². The summed E-state index contributed by atoms with van der Waals surface area (Å²) >= 11 is 8.44. The Hall–Kier alpha value is -1.92. The Balaban J connectivity index is 1.78. The van der Waals surface area contributed by atoms with E-state index in [-0.39, 0.29) is 18.2 Å². The molecule has 28 heavy (non-hydrogen) atoms. The lowest BCUT2D eigenvalue weighted by atomic mass is 9.96. The Morgan fingerprint density at radius 2 is 2.11 bits per heavy atom. The molecule has 0 N–H and O–H groups in total. The number of halogens is 1. The summed E-state index contributed by atoms with van der Waals surface area (Å²) in [5.41, 5.74) is 2.02. The van der Waals surface area contributed by atoms with Crippen molar-refractivity contribution in [3.05, 3.63) is 52.8 Å². The molecule has 0 aliphatic carbocycles. The molecule has 7 heteroatoms. The summed E-state index contributed by atoms with van der Waals surface area (Å²) in [4.78, 5) is 11.9. The number of rotatable bonds is 5. The lowest BCUT2D eigenvalue weighted by Crippen LogP contribution is -2.28. The van der Waals surface area contributed by atoms with Gasteiger partial charge in [0.05, 0.1) is 30.0 Å². The summed E-state index contributed by atoms with van der Waals surface area (Å²) in [6, 6.07) is 9.93. The van der Waals surface area contributed by atoms with Crippen molar-refractivity contribution in [2.75, 3.05) is 13.7 Å². The average molecular weight is 418 g/mol. The van der Waals surface area contributed by atoms with Gasteiger partial charge in [-0.25, -0.2) is 0 Å². The second kappa shape index (κ2) is 7.84. The molecule has 3 atom stereocenters. The molecule has 1 aromatic carbocycles. The highest BCUT2D eigenvalue weighted by Gasteiger charge is 2.44. The number of nitrogens with zero attached hydrogens (tertiary/aromatic N) is 3. The van der Waals surface area contributed by atoms with Gasteiger partial charge in [0.15, 0.2) is 16.7 Å². The maximum atomic E-state index is 6.62. The third kappa shape index (κ3) is 3.55. The first-order chi connectivity index (χ1) is 13.5. The van der Waals surface area contributed by atoms with Crippen LogP contribution in [0.15, 0.2) is 41.5 Å². The zero-order valence-electron chi connectivity index (χ0n) is 16.4. The van der Waals surface area contributed by atoms with Crippen molar-refractivity contribution < 1.29 is 9.47 Å². The number of aliphatic imine (C=N–C) groups is 1. The van der Waals surface area contributed by atoms with E-state index in [0.29, 0.717) is 21.8 Å². The van der Waals surface area contributed by atoms with Gasteiger partial charge in [0.1, 0.15) is 6.04 Å².